The molecule has 9 heteroatoms. The molecule has 0 aliphatic carbocycles. The van der Waals surface area contributed by atoms with Gasteiger partial charge in [0.25, 0.3) is 0 Å². The zero-order valence-electron chi connectivity index (χ0n) is 18.1. The molecule has 0 aliphatic rings. The summed E-state index contributed by atoms with van der Waals surface area (Å²) < 4.78 is 38.8. The Balaban J connectivity index is 1.92. The molecule has 2 aromatic carbocycles. The summed E-state index contributed by atoms with van der Waals surface area (Å²) in [6.45, 7) is 7.17. The Labute approximate surface area is 191 Å². The lowest BCUT2D eigenvalue weighted by atomic mass is 10.0. The van der Waals surface area contributed by atoms with Crippen LogP contribution in [0, 0.1) is 19.8 Å². The van der Waals surface area contributed by atoms with Crippen LogP contribution in [0.4, 0.5) is 0 Å². The molecule has 0 unspecified atom stereocenters. The van der Waals surface area contributed by atoms with E-state index in [0.29, 0.717) is 17.4 Å². The lowest BCUT2D eigenvalue weighted by molar-refractivity contribution is -0.137. The molecular weight excluding hydrogens is 454 g/mol. The third kappa shape index (κ3) is 5.20. The van der Waals surface area contributed by atoms with Crippen molar-refractivity contribution >= 4 is 38.6 Å². The van der Waals surface area contributed by atoms with Crippen LogP contribution in [0.5, 0.6) is 5.75 Å². The monoisotopic (exact) mass is 477 g/mol. The number of aryl methyl sites for hydroxylation is 2. The average Bonchev–Trinajstić information content (AvgIpc) is 2.73. The zero-order chi connectivity index (χ0) is 23.6. The van der Waals surface area contributed by atoms with Gasteiger partial charge in [0, 0.05) is 17.5 Å². The highest BCUT2D eigenvalue weighted by molar-refractivity contribution is 7.89. The van der Waals surface area contributed by atoms with E-state index in [1.54, 1.807) is 26.0 Å². The minimum Gasteiger partial charge on any atom is -0.424 e. The topological polar surface area (TPSA) is 103 Å². The van der Waals surface area contributed by atoms with Crippen LogP contribution in [-0.2, 0) is 14.8 Å². The first-order valence-electron chi connectivity index (χ1n) is 10.1. The number of hydrogen-bond donors (Lipinski definition) is 1. The van der Waals surface area contributed by atoms with Gasteiger partial charge in [0.2, 0.25) is 10.0 Å². The standard InChI is InChI=1S/C23H24ClNO6S/c1-5-14(3)22(25-32(28,29)16-8-6-13(2)7-9-16)23(27)31-20-12-19-17(11-18(20)24)15(4)10-21(26)30-19/h6-12,14,22,25H,5H2,1-4H3/t14-,22+/m1/s1. The number of esters is 1. The lowest BCUT2D eigenvalue weighted by Crippen LogP contribution is -2.46. The number of benzene rings is 2. The first-order valence-corrected chi connectivity index (χ1v) is 11.9. The maximum Gasteiger partial charge on any atom is 0.336 e. The van der Waals surface area contributed by atoms with Gasteiger partial charge in [-0.25, -0.2) is 18.0 Å². The number of nitrogens with one attached hydrogen (secondary N) is 1. The van der Waals surface area contributed by atoms with Crippen molar-refractivity contribution in [3.63, 3.8) is 0 Å². The van der Waals surface area contributed by atoms with Gasteiger partial charge in [0.1, 0.15) is 11.6 Å². The van der Waals surface area contributed by atoms with Crippen LogP contribution in [0.25, 0.3) is 11.0 Å². The molecule has 1 heterocycles. The van der Waals surface area contributed by atoms with E-state index in [-0.39, 0.29) is 27.2 Å². The summed E-state index contributed by atoms with van der Waals surface area (Å²) in [6, 6.07) is 9.37. The Morgan fingerprint density at radius 1 is 1.16 bits per heavy atom. The van der Waals surface area contributed by atoms with Crippen molar-refractivity contribution in [2.45, 2.75) is 45.1 Å². The SMILES string of the molecule is CC[C@@H](C)[C@H](NS(=O)(=O)c1ccc(C)cc1)C(=O)Oc1cc2oc(=O)cc(C)c2cc1Cl. The Morgan fingerprint density at radius 2 is 1.81 bits per heavy atom. The van der Waals surface area contributed by atoms with Crippen LogP contribution in [0.3, 0.4) is 0 Å². The van der Waals surface area contributed by atoms with Crippen molar-refractivity contribution in [2.24, 2.45) is 5.92 Å². The fourth-order valence-corrected chi connectivity index (χ4v) is 4.65. The van der Waals surface area contributed by atoms with Crippen LogP contribution in [0.1, 0.15) is 31.4 Å². The molecule has 0 amide bonds. The first-order chi connectivity index (χ1) is 15.0. The molecule has 1 N–H and O–H groups in total. The van der Waals surface area contributed by atoms with Crippen LogP contribution >= 0.6 is 11.6 Å². The van der Waals surface area contributed by atoms with Crippen molar-refractivity contribution in [2.75, 3.05) is 0 Å². The van der Waals surface area contributed by atoms with Crippen molar-refractivity contribution in [3.8, 4) is 5.75 Å². The number of ether oxygens (including phenoxy) is 1. The summed E-state index contributed by atoms with van der Waals surface area (Å²) >= 11 is 6.29. The quantitative estimate of drug-likeness (QED) is 0.308. The summed E-state index contributed by atoms with van der Waals surface area (Å²) in [5.41, 5.74) is 1.24. The highest BCUT2D eigenvalue weighted by atomic mass is 35.5. The number of carbonyl (C=O) groups is 1. The Hall–Kier alpha value is -2.68. The third-order valence-corrected chi connectivity index (χ3v) is 7.05. The predicted molar refractivity (Wildman–Crippen MR) is 123 cm³/mol. The summed E-state index contributed by atoms with van der Waals surface area (Å²) in [6.07, 6.45) is 0.524. The van der Waals surface area contributed by atoms with Crippen molar-refractivity contribution < 1.29 is 22.4 Å². The van der Waals surface area contributed by atoms with E-state index in [4.69, 9.17) is 20.8 Å². The molecule has 3 aromatic rings. The number of hydrogen-bond acceptors (Lipinski definition) is 6. The van der Waals surface area contributed by atoms with Gasteiger partial charge in [-0.3, -0.25) is 0 Å². The van der Waals surface area contributed by atoms with E-state index in [9.17, 15) is 18.0 Å². The average molecular weight is 478 g/mol. The molecule has 0 bridgehead atoms. The second-order valence-electron chi connectivity index (χ2n) is 7.75. The number of halogens is 1. The van der Waals surface area contributed by atoms with E-state index < -0.39 is 27.7 Å². The summed E-state index contributed by atoms with van der Waals surface area (Å²) in [4.78, 5) is 24.7. The number of fused-ring (bicyclic) bond motifs is 1. The van der Waals surface area contributed by atoms with Gasteiger partial charge < -0.3 is 9.15 Å². The molecular formula is C23H24ClNO6S. The summed E-state index contributed by atoms with van der Waals surface area (Å²) in [5.74, 6) is -1.20. The van der Waals surface area contributed by atoms with Gasteiger partial charge in [0.15, 0.2) is 5.75 Å². The van der Waals surface area contributed by atoms with Gasteiger partial charge in [-0.05, 0) is 43.5 Å². The second-order valence-corrected chi connectivity index (χ2v) is 9.87. The van der Waals surface area contributed by atoms with Crippen LogP contribution in [0.2, 0.25) is 5.02 Å². The molecule has 2 atom stereocenters. The highest BCUT2D eigenvalue weighted by Crippen LogP contribution is 2.31. The Morgan fingerprint density at radius 3 is 2.44 bits per heavy atom. The summed E-state index contributed by atoms with van der Waals surface area (Å²) in [7, 11) is -3.97. The largest absolute Gasteiger partial charge is 0.424 e. The van der Waals surface area contributed by atoms with Gasteiger partial charge in [0.05, 0.1) is 9.92 Å². The van der Waals surface area contributed by atoms with E-state index in [1.165, 1.54) is 30.3 Å². The normalized spacial score (nSPS) is 13.7. The molecule has 170 valence electrons. The van der Waals surface area contributed by atoms with Gasteiger partial charge in [-0.1, -0.05) is 49.6 Å². The molecule has 0 spiro atoms. The smallest absolute Gasteiger partial charge is 0.336 e. The Kier molecular flexibility index (Phi) is 7.07. The third-order valence-electron chi connectivity index (χ3n) is 5.29. The molecule has 0 radical (unpaired) electrons. The van der Waals surface area contributed by atoms with Crippen molar-refractivity contribution in [1.29, 1.82) is 0 Å². The number of rotatable bonds is 7. The molecule has 0 saturated carbocycles. The highest BCUT2D eigenvalue weighted by Gasteiger charge is 2.32. The maximum absolute atomic E-state index is 13.0. The summed E-state index contributed by atoms with van der Waals surface area (Å²) in [5, 5.41) is 0.736. The zero-order valence-corrected chi connectivity index (χ0v) is 19.7. The van der Waals surface area contributed by atoms with Gasteiger partial charge in [-0.15, -0.1) is 0 Å². The number of sulfonamides is 1. The lowest BCUT2D eigenvalue weighted by Gasteiger charge is -2.23. The first kappa shape index (κ1) is 24.0. The van der Waals surface area contributed by atoms with E-state index in [2.05, 4.69) is 4.72 Å². The van der Waals surface area contributed by atoms with E-state index in [0.717, 1.165) is 5.56 Å². The molecule has 0 aliphatic heterocycles. The molecule has 3 rings (SSSR count). The van der Waals surface area contributed by atoms with Crippen molar-refractivity contribution in [1.82, 2.24) is 4.72 Å². The molecule has 1 aromatic heterocycles. The van der Waals surface area contributed by atoms with Crippen molar-refractivity contribution in [3.05, 3.63) is 69.0 Å². The fourth-order valence-electron chi connectivity index (χ4n) is 3.15. The molecule has 32 heavy (non-hydrogen) atoms. The van der Waals surface area contributed by atoms with Crippen LogP contribution in [-0.4, -0.2) is 20.4 Å². The molecule has 7 nitrogen and oxygen atoms in total. The molecule has 0 saturated heterocycles. The van der Waals surface area contributed by atoms with E-state index >= 15 is 0 Å². The minimum atomic E-state index is -3.97. The van der Waals surface area contributed by atoms with Crippen LogP contribution in [0.15, 0.2) is 56.6 Å². The van der Waals surface area contributed by atoms with Gasteiger partial charge in [-0.2, -0.15) is 4.72 Å². The number of carbonyl (C=O) groups excluding carboxylic acids is 1. The second kappa shape index (κ2) is 9.44. The van der Waals surface area contributed by atoms with Crippen LogP contribution < -0.4 is 15.1 Å². The predicted octanol–water partition coefficient (Wildman–Crippen LogP) is 4.36. The Bertz CT molecular complexity index is 1310. The maximum atomic E-state index is 13.0. The van der Waals surface area contributed by atoms with Gasteiger partial charge >= 0.3 is 11.6 Å². The molecule has 0 fully saturated rings. The van der Waals surface area contributed by atoms with E-state index in [1.807, 2.05) is 13.8 Å². The fraction of sp³-hybridized carbons (Fsp3) is 0.304. The minimum absolute atomic E-state index is 0.0271.